The van der Waals surface area contributed by atoms with Crippen molar-refractivity contribution in [2.45, 2.75) is 43.9 Å². The first-order valence-corrected chi connectivity index (χ1v) is 9.49. The number of hydrogen-bond donors (Lipinski definition) is 1. The quantitative estimate of drug-likeness (QED) is 0.821. The van der Waals surface area contributed by atoms with Crippen LogP contribution in [0.4, 0.5) is 4.39 Å². The number of nitrogens with one attached hydrogen (secondary N) is 1. The largest absolute Gasteiger partial charge is 0.306 e. The maximum Gasteiger partial charge on any atom is 0.238 e. The van der Waals surface area contributed by atoms with Crippen molar-refractivity contribution >= 4 is 22.7 Å². The average molecular weight is 372 g/mol. The van der Waals surface area contributed by atoms with E-state index in [0.29, 0.717) is 17.5 Å². The molecule has 1 aromatic heterocycles. The van der Waals surface area contributed by atoms with Gasteiger partial charge in [-0.1, -0.05) is 0 Å². The highest BCUT2D eigenvalue weighted by Gasteiger charge is 2.43. The van der Waals surface area contributed by atoms with E-state index in [-0.39, 0.29) is 30.0 Å². The van der Waals surface area contributed by atoms with Crippen LogP contribution in [-0.4, -0.2) is 46.6 Å². The normalized spacial score (nSPS) is 25.2. The van der Waals surface area contributed by atoms with Gasteiger partial charge in [0.25, 0.3) is 0 Å². The van der Waals surface area contributed by atoms with E-state index in [4.69, 9.17) is 0 Å². The molecule has 0 bridgehead atoms. The molecule has 2 aromatic rings. The maximum atomic E-state index is 15.0. The number of hydrogen-bond acceptors (Lipinski definition) is 4. The number of aryl methyl sites for hydroxylation is 1. The van der Waals surface area contributed by atoms with Crippen LogP contribution >= 0.6 is 0 Å². The lowest BCUT2D eigenvalue weighted by Crippen LogP contribution is -2.50. The number of fused-ring (bicyclic) bond motifs is 1. The summed E-state index contributed by atoms with van der Waals surface area (Å²) in [6.45, 7) is 3.70. The topological polar surface area (TPSA) is 67.2 Å². The molecular formula is C20H25FN4O2. The van der Waals surface area contributed by atoms with Crippen LogP contribution in [0.3, 0.4) is 0 Å². The zero-order valence-corrected chi connectivity index (χ0v) is 16.0. The van der Waals surface area contributed by atoms with Crippen molar-refractivity contribution in [2.24, 2.45) is 7.05 Å². The van der Waals surface area contributed by atoms with E-state index in [1.165, 1.54) is 6.07 Å². The number of piperidine rings is 2. The maximum absolute atomic E-state index is 15.0. The number of amides is 2. The number of nitrogens with zero attached hydrogens (tertiary/aromatic N) is 3. The van der Waals surface area contributed by atoms with Gasteiger partial charge in [0, 0.05) is 18.9 Å². The van der Waals surface area contributed by atoms with Gasteiger partial charge in [-0.25, -0.2) is 4.39 Å². The molecule has 0 saturated carbocycles. The zero-order chi connectivity index (χ0) is 19.3. The second-order valence-electron chi connectivity index (χ2n) is 8.15. The lowest BCUT2D eigenvalue weighted by molar-refractivity contribution is -0.137. The Balaban J connectivity index is 1.78. The van der Waals surface area contributed by atoms with E-state index >= 15 is 4.39 Å². The number of carbonyl (C=O) groups excluding carboxylic acids is 2. The molecule has 2 fully saturated rings. The molecule has 144 valence electrons. The summed E-state index contributed by atoms with van der Waals surface area (Å²) < 4.78 is 16.8. The van der Waals surface area contributed by atoms with Crippen LogP contribution in [0.25, 0.3) is 10.9 Å². The average Bonchev–Trinajstić information content (AvgIpc) is 2.95. The van der Waals surface area contributed by atoms with Gasteiger partial charge in [0.05, 0.1) is 16.6 Å². The van der Waals surface area contributed by atoms with Crippen LogP contribution < -0.4 is 5.32 Å². The van der Waals surface area contributed by atoms with E-state index in [0.717, 1.165) is 37.0 Å². The van der Waals surface area contributed by atoms with Crippen LogP contribution in [0.15, 0.2) is 12.1 Å². The smallest absolute Gasteiger partial charge is 0.238 e. The third kappa shape index (κ3) is 2.94. The Bertz CT molecular complexity index is 930. The summed E-state index contributed by atoms with van der Waals surface area (Å²) in [5.41, 5.74) is 1.17. The summed E-state index contributed by atoms with van der Waals surface area (Å²) in [6.07, 6.45) is 2.51. The second kappa shape index (κ2) is 6.41. The monoisotopic (exact) mass is 372 g/mol. The summed E-state index contributed by atoms with van der Waals surface area (Å²) in [5.74, 6) is -0.663. The second-order valence-corrected chi connectivity index (χ2v) is 8.15. The number of aromatic nitrogens is 2. The molecule has 0 spiro atoms. The molecule has 7 heteroatoms. The highest BCUT2D eigenvalue weighted by atomic mass is 19.1. The van der Waals surface area contributed by atoms with Gasteiger partial charge in [0.1, 0.15) is 5.82 Å². The van der Waals surface area contributed by atoms with E-state index < -0.39 is 5.41 Å². The molecular weight excluding hydrogens is 347 g/mol. The number of rotatable bonds is 2. The van der Waals surface area contributed by atoms with Gasteiger partial charge in [-0.2, -0.15) is 5.10 Å². The van der Waals surface area contributed by atoms with Crippen LogP contribution in [0.2, 0.25) is 0 Å². The first-order valence-electron chi connectivity index (χ1n) is 9.49. The lowest BCUT2D eigenvalue weighted by atomic mass is 9.77. The zero-order valence-electron chi connectivity index (χ0n) is 16.0. The fourth-order valence-electron chi connectivity index (χ4n) is 4.36. The summed E-state index contributed by atoms with van der Waals surface area (Å²) >= 11 is 0. The summed E-state index contributed by atoms with van der Waals surface area (Å²) in [6, 6.07) is 3.42. The Kier molecular flexibility index (Phi) is 4.29. The Morgan fingerprint density at radius 3 is 2.59 bits per heavy atom. The van der Waals surface area contributed by atoms with Crippen molar-refractivity contribution in [3.05, 3.63) is 29.2 Å². The minimum Gasteiger partial charge on any atom is -0.306 e. The molecule has 4 rings (SSSR count). The van der Waals surface area contributed by atoms with Crippen molar-refractivity contribution in [3.63, 3.8) is 0 Å². The first-order chi connectivity index (χ1) is 12.8. The standard InChI is InChI=1S/C20H25FN4O2/c1-20(7-4-17(26)22-19(20)27)18-14-10-15(21)13(11-16(14)25(3)23-18)12-5-8-24(2)9-6-12/h10-12H,4-9H2,1-3H3,(H,22,26,27). The van der Waals surface area contributed by atoms with Gasteiger partial charge in [0.2, 0.25) is 11.8 Å². The third-order valence-corrected chi connectivity index (χ3v) is 6.26. The molecule has 0 aliphatic carbocycles. The van der Waals surface area contributed by atoms with Gasteiger partial charge in [-0.15, -0.1) is 0 Å². The SMILES string of the molecule is CN1CCC(c2cc3c(cc2F)c(C2(C)CCC(=O)NC2=O)nn3C)CC1. The fraction of sp³-hybridized carbons (Fsp3) is 0.550. The lowest BCUT2D eigenvalue weighted by Gasteiger charge is -2.30. The van der Waals surface area contributed by atoms with Crippen LogP contribution in [-0.2, 0) is 22.1 Å². The molecule has 2 saturated heterocycles. The van der Waals surface area contributed by atoms with Crippen LogP contribution in [0, 0.1) is 5.82 Å². The Labute approximate surface area is 157 Å². The molecule has 1 unspecified atom stereocenters. The molecule has 2 aliphatic heterocycles. The molecule has 1 N–H and O–H groups in total. The van der Waals surface area contributed by atoms with Crippen molar-refractivity contribution in [1.82, 2.24) is 20.0 Å². The summed E-state index contributed by atoms with van der Waals surface area (Å²) in [7, 11) is 3.90. The van der Waals surface area contributed by atoms with Gasteiger partial charge in [0.15, 0.2) is 0 Å². The molecule has 2 aliphatic rings. The van der Waals surface area contributed by atoms with E-state index in [1.54, 1.807) is 11.6 Å². The van der Waals surface area contributed by atoms with Gasteiger partial charge in [-0.3, -0.25) is 19.6 Å². The molecule has 3 heterocycles. The summed E-state index contributed by atoms with van der Waals surface area (Å²) in [5, 5.41) is 7.62. The molecule has 6 nitrogen and oxygen atoms in total. The van der Waals surface area contributed by atoms with E-state index in [2.05, 4.69) is 22.4 Å². The van der Waals surface area contributed by atoms with Crippen molar-refractivity contribution in [1.29, 1.82) is 0 Å². The Morgan fingerprint density at radius 1 is 1.22 bits per heavy atom. The van der Waals surface area contributed by atoms with Crippen LogP contribution in [0.1, 0.15) is 49.8 Å². The highest BCUT2D eigenvalue weighted by Crippen LogP contribution is 2.38. The van der Waals surface area contributed by atoms with E-state index in [9.17, 15) is 9.59 Å². The van der Waals surface area contributed by atoms with E-state index in [1.807, 2.05) is 13.1 Å². The molecule has 2 amide bonds. The number of halogens is 1. The molecule has 1 aromatic carbocycles. The minimum atomic E-state index is -0.936. The van der Waals surface area contributed by atoms with Gasteiger partial charge < -0.3 is 4.90 Å². The number of benzene rings is 1. The van der Waals surface area contributed by atoms with Crippen molar-refractivity contribution in [2.75, 3.05) is 20.1 Å². The Morgan fingerprint density at radius 2 is 1.93 bits per heavy atom. The predicted octanol–water partition coefficient (Wildman–Crippen LogP) is 2.22. The first kappa shape index (κ1) is 18.1. The molecule has 0 radical (unpaired) electrons. The predicted molar refractivity (Wildman–Crippen MR) is 99.9 cm³/mol. The fourth-order valence-corrected chi connectivity index (χ4v) is 4.36. The Hall–Kier alpha value is -2.28. The molecule has 27 heavy (non-hydrogen) atoms. The molecule has 1 atom stereocenters. The number of likely N-dealkylation sites (tertiary alicyclic amines) is 1. The van der Waals surface area contributed by atoms with Gasteiger partial charge in [-0.05, 0) is 69.9 Å². The van der Waals surface area contributed by atoms with Crippen molar-refractivity contribution in [3.8, 4) is 0 Å². The number of carbonyl (C=O) groups is 2. The third-order valence-electron chi connectivity index (χ3n) is 6.26. The van der Waals surface area contributed by atoms with Crippen molar-refractivity contribution < 1.29 is 14.0 Å². The number of imide groups is 1. The van der Waals surface area contributed by atoms with Gasteiger partial charge >= 0.3 is 0 Å². The summed E-state index contributed by atoms with van der Waals surface area (Å²) in [4.78, 5) is 26.3. The minimum absolute atomic E-state index is 0.204. The van der Waals surface area contributed by atoms with Crippen LogP contribution in [0.5, 0.6) is 0 Å². The highest BCUT2D eigenvalue weighted by molar-refractivity contribution is 6.04.